The van der Waals surface area contributed by atoms with Gasteiger partial charge in [0.05, 0.1) is 37.3 Å². The minimum absolute atomic E-state index is 0.00610. The lowest BCUT2D eigenvalue weighted by atomic mass is 9.90. The van der Waals surface area contributed by atoms with E-state index in [2.05, 4.69) is 15.3 Å². The van der Waals surface area contributed by atoms with Crippen molar-refractivity contribution in [3.8, 4) is 11.3 Å². The number of ether oxygens (including phenoxy) is 1. The van der Waals surface area contributed by atoms with Gasteiger partial charge in [-0.15, -0.1) is 0 Å². The third-order valence-corrected chi connectivity index (χ3v) is 5.13. The molecule has 1 aromatic carbocycles. The number of amides is 1. The molecule has 32 heavy (non-hydrogen) atoms. The zero-order chi connectivity index (χ0) is 26.2. The number of nitrogens with two attached hydrogens (primary N) is 1. The lowest BCUT2D eigenvalue weighted by Crippen LogP contribution is -2.49. The highest BCUT2D eigenvalue weighted by Gasteiger charge is 2.54. The van der Waals surface area contributed by atoms with Crippen molar-refractivity contribution in [2.75, 3.05) is 25.6 Å². The van der Waals surface area contributed by atoms with E-state index in [0.717, 1.165) is 24.4 Å². The van der Waals surface area contributed by atoms with Crippen LogP contribution in [0.15, 0.2) is 24.4 Å². The number of hydrogen-bond acceptors (Lipinski definition) is 8. The number of carbonyl (C=O) groups excluding carboxylic acids is 1. The van der Waals surface area contributed by atoms with Crippen molar-refractivity contribution in [3.05, 3.63) is 41.2 Å². The molecule has 1 saturated heterocycles. The van der Waals surface area contributed by atoms with Crippen molar-refractivity contribution < 1.29 is 42.1 Å². The molecule has 174 valence electrons. The van der Waals surface area contributed by atoms with E-state index in [-0.39, 0.29) is 30.3 Å². The molecule has 0 radical (unpaired) electrons. The van der Waals surface area contributed by atoms with Crippen LogP contribution in [-0.4, -0.2) is 69.3 Å². The predicted molar refractivity (Wildman–Crippen MR) is 106 cm³/mol. The molecule has 12 heteroatoms. The van der Waals surface area contributed by atoms with E-state index in [4.69, 9.17) is 14.6 Å². The monoisotopic (exact) mass is 459 g/mol. The lowest BCUT2D eigenvalue weighted by Gasteiger charge is -2.29. The number of alkyl halides is 3. The molecule has 0 bridgehead atoms. The van der Waals surface area contributed by atoms with Gasteiger partial charge in [-0.1, -0.05) is 12.1 Å². The van der Waals surface area contributed by atoms with Crippen LogP contribution in [-0.2, 0) is 10.3 Å². The van der Waals surface area contributed by atoms with Gasteiger partial charge < -0.3 is 31.1 Å². The normalized spacial score (nSPS) is 22.9. The maximum absolute atomic E-state index is 13.5. The molecule has 3 rings (SSSR count). The number of benzene rings is 1. The van der Waals surface area contributed by atoms with Crippen LogP contribution < -0.4 is 11.1 Å². The summed E-state index contributed by atoms with van der Waals surface area (Å²) in [6.45, 7) is -4.27. The number of hydrogen-bond donors (Lipinski definition) is 5. The van der Waals surface area contributed by atoms with Crippen molar-refractivity contribution in [1.29, 1.82) is 0 Å². The van der Waals surface area contributed by atoms with Crippen LogP contribution in [0.1, 0.15) is 32.1 Å². The molecule has 3 atom stereocenters. The van der Waals surface area contributed by atoms with E-state index >= 15 is 0 Å². The first-order valence-corrected chi connectivity index (χ1v) is 9.43. The van der Waals surface area contributed by atoms with Crippen molar-refractivity contribution in [2.24, 2.45) is 0 Å². The molecule has 2 aromatic rings. The van der Waals surface area contributed by atoms with Crippen LogP contribution >= 0.6 is 0 Å². The van der Waals surface area contributed by atoms with Gasteiger partial charge in [-0.25, -0.2) is 9.97 Å². The first-order valence-electron chi connectivity index (χ1n) is 10.9. The summed E-state index contributed by atoms with van der Waals surface area (Å²) in [4.78, 5) is 20.6. The maximum Gasteiger partial charge on any atom is 0.423 e. The molecule has 1 unspecified atom stereocenters. The molecular weight excluding hydrogens is 433 g/mol. The number of halogens is 3. The Morgan fingerprint density at radius 3 is 2.81 bits per heavy atom. The topological polar surface area (TPSA) is 151 Å². The summed E-state index contributed by atoms with van der Waals surface area (Å²) >= 11 is 0. The number of aliphatic hydroxyl groups excluding tert-OH is 2. The highest BCUT2D eigenvalue weighted by molar-refractivity contribution is 5.97. The van der Waals surface area contributed by atoms with E-state index in [1.54, 1.807) is 0 Å². The van der Waals surface area contributed by atoms with Crippen molar-refractivity contribution >= 4 is 11.7 Å². The molecule has 1 fully saturated rings. The Hall–Kier alpha value is -2.80. The summed E-state index contributed by atoms with van der Waals surface area (Å²) in [6.07, 6.45) is -5.02. The Kier molecular flexibility index (Phi) is 5.57. The van der Waals surface area contributed by atoms with Crippen molar-refractivity contribution in [1.82, 2.24) is 15.3 Å². The van der Waals surface area contributed by atoms with E-state index in [1.807, 2.05) is 0 Å². The van der Waals surface area contributed by atoms with Crippen molar-refractivity contribution in [3.63, 3.8) is 0 Å². The Bertz CT molecular complexity index is 1100. The van der Waals surface area contributed by atoms with Crippen LogP contribution in [0.4, 0.5) is 19.0 Å². The fourth-order valence-corrected chi connectivity index (χ4v) is 3.18. The molecule has 0 aliphatic carbocycles. The van der Waals surface area contributed by atoms with Crippen LogP contribution in [0.2, 0.25) is 0 Å². The predicted octanol–water partition coefficient (Wildman–Crippen LogP) is 0.656. The first-order chi connectivity index (χ1) is 16.2. The van der Waals surface area contributed by atoms with Gasteiger partial charge in [-0.3, -0.25) is 4.79 Å². The second kappa shape index (κ2) is 8.98. The van der Waals surface area contributed by atoms with E-state index in [0.29, 0.717) is 6.42 Å². The van der Waals surface area contributed by atoms with Gasteiger partial charge in [-0.2, -0.15) is 13.2 Å². The molecule has 6 N–H and O–H groups in total. The number of aliphatic hydroxyl groups is 3. The molecular formula is C20H23F3N4O5. The fourth-order valence-electron chi connectivity index (χ4n) is 3.18. The maximum atomic E-state index is 13.5. The number of nitrogens with zero attached hydrogens (tertiary/aromatic N) is 2. The number of nitrogens with one attached hydrogen (secondary N) is 1. The second-order valence-corrected chi connectivity index (χ2v) is 7.28. The Balaban J connectivity index is 2.10. The van der Waals surface area contributed by atoms with Gasteiger partial charge >= 0.3 is 6.18 Å². The first kappa shape index (κ1) is 19.9. The van der Waals surface area contributed by atoms with E-state index < -0.39 is 60.1 Å². The van der Waals surface area contributed by atoms with Gasteiger partial charge in [-0.05, 0) is 30.5 Å². The van der Waals surface area contributed by atoms with Crippen LogP contribution in [0.5, 0.6) is 0 Å². The molecule has 0 spiro atoms. The highest BCUT2D eigenvalue weighted by atomic mass is 19.4. The smallest absolute Gasteiger partial charge is 0.393 e. The van der Waals surface area contributed by atoms with Gasteiger partial charge in [0.2, 0.25) is 5.60 Å². The van der Waals surface area contributed by atoms with Gasteiger partial charge in [0.1, 0.15) is 0 Å². The lowest BCUT2D eigenvalue weighted by molar-refractivity contribution is -0.277. The minimum Gasteiger partial charge on any atom is -0.393 e. The zero-order valence-corrected chi connectivity index (χ0v) is 16.6. The van der Waals surface area contributed by atoms with Crippen LogP contribution in [0.3, 0.4) is 0 Å². The Morgan fingerprint density at radius 2 is 2.19 bits per heavy atom. The quantitative estimate of drug-likeness (QED) is 0.437. The number of rotatable bonds is 5. The van der Waals surface area contributed by atoms with Crippen LogP contribution in [0, 0.1) is 6.85 Å². The van der Waals surface area contributed by atoms with E-state index in [9.17, 15) is 33.3 Å². The number of carbonyl (C=O) groups is 1. The van der Waals surface area contributed by atoms with Gasteiger partial charge in [0.25, 0.3) is 5.91 Å². The van der Waals surface area contributed by atoms with Gasteiger partial charge in [0, 0.05) is 16.3 Å². The average molecular weight is 459 g/mol. The SMILES string of the molecule is [2H]C([2H])([2H])c1ccc(C(O)(CO)C(F)(F)F)cc1-c1cnc(N)c(C(=O)N[C@@H]2CCOC[C@H]2O)n1. The average Bonchev–Trinajstić information content (AvgIpc) is 2.78. The molecule has 2 heterocycles. The molecule has 1 aromatic heterocycles. The third kappa shape index (κ3) is 4.53. The second-order valence-electron chi connectivity index (χ2n) is 7.28. The summed E-state index contributed by atoms with van der Waals surface area (Å²) in [5.74, 6) is -1.20. The third-order valence-electron chi connectivity index (χ3n) is 5.13. The molecule has 0 saturated carbocycles. The molecule has 9 nitrogen and oxygen atoms in total. The molecule has 1 amide bonds. The number of nitrogen functional groups attached to an aromatic ring is 1. The number of aromatic nitrogens is 2. The fraction of sp³-hybridized carbons (Fsp3) is 0.450. The van der Waals surface area contributed by atoms with Crippen LogP contribution in [0.25, 0.3) is 11.3 Å². The zero-order valence-electron chi connectivity index (χ0n) is 19.6. The standard InChI is InChI=1S/C20H23F3N4O5/c1-10-2-3-11(19(31,9-28)20(21,22)23)6-12(10)14-7-25-17(24)16(26-14)18(30)27-13-4-5-32-8-15(13)29/h2-3,6-7,13,15,28-29,31H,4-5,8-9H2,1H3,(H2,24,25)(H,27,30)/t13-,15-,19?/m1/s1/i1D3. The summed E-state index contributed by atoms with van der Waals surface area (Å²) in [6, 6.07) is 1.61. The summed E-state index contributed by atoms with van der Waals surface area (Å²) in [5.41, 5.74) is -0.351. The summed E-state index contributed by atoms with van der Waals surface area (Å²) in [7, 11) is 0. The number of anilines is 1. The molecule has 1 aliphatic heterocycles. The highest BCUT2D eigenvalue weighted by Crippen LogP contribution is 2.40. The minimum atomic E-state index is -5.29. The summed E-state index contributed by atoms with van der Waals surface area (Å²) in [5, 5.41) is 31.9. The van der Waals surface area contributed by atoms with Gasteiger partial charge in [0.15, 0.2) is 11.5 Å². The Morgan fingerprint density at radius 1 is 1.44 bits per heavy atom. The largest absolute Gasteiger partial charge is 0.423 e. The number of aryl methyl sites for hydroxylation is 1. The summed E-state index contributed by atoms with van der Waals surface area (Å²) < 4.78 is 68.8. The molecule has 1 aliphatic rings. The van der Waals surface area contributed by atoms with Crippen molar-refractivity contribution in [2.45, 2.75) is 37.2 Å². The Labute approximate surface area is 185 Å². The van der Waals surface area contributed by atoms with E-state index in [1.165, 1.54) is 0 Å².